The zero-order valence-electron chi connectivity index (χ0n) is 15.5. The van der Waals surface area contributed by atoms with Gasteiger partial charge in [-0.2, -0.15) is 13.2 Å². The minimum Gasteiger partial charge on any atom is -0.371 e. The molecule has 1 saturated heterocycles. The smallest absolute Gasteiger partial charge is 0.371 e. The Morgan fingerprint density at radius 1 is 1.14 bits per heavy atom. The molecule has 0 bridgehead atoms. The van der Waals surface area contributed by atoms with Crippen molar-refractivity contribution >= 4 is 16.7 Å². The Morgan fingerprint density at radius 3 is 2.75 bits per heavy atom. The summed E-state index contributed by atoms with van der Waals surface area (Å²) in [5, 5.41) is 0. The third-order valence-corrected chi connectivity index (χ3v) is 5.40. The molecule has 0 radical (unpaired) electrons. The first-order valence-corrected chi connectivity index (χ1v) is 9.32. The summed E-state index contributed by atoms with van der Waals surface area (Å²) in [5.41, 5.74) is 2.54. The molecule has 2 heterocycles. The number of nitrogens with zero attached hydrogens (tertiary/aromatic N) is 3. The summed E-state index contributed by atoms with van der Waals surface area (Å²) >= 11 is 0. The molecule has 2 aromatic carbocycles. The van der Waals surface area contributed by atoms with Crippen molar-refractivity contribution in [3.63, 3.8) is 0 Å². The number of piperidine rings is 1. The first kappa shape index (κ1) is 18.8. The number of hydrogen-bond acceptors (Lipinski definition) is 2. The lowest BCUT2D eigenvalue weighted by Gasteiger charge is -2.34. The second-order valence-electron chi connectivity index (χ2n) is 7.53. The van der Waals surface area contributed by atoms with Gasteiger partial charge in [0.05, 0.1) is 22.9 Å². The van der Waals surface area contributed by atoms with Gasteiger partial charge in [-0.05, 0) is 67.1 Å². The molecular weight excluding hydrogens is 370 g/mol. The van der Waals surface area contributed by atoms with Crippen LogP contribution in [0.5, 0.6) is 0 Å². The molecule has 3 nitrogen and oxygen atoms in total. The van der Waals surface area contributed by atoms with Gasteiger partial charge in [-0.1, -0.05) is 0 Å². The van der Waals surface area contributed by atoms with Crippen molar-refractivity contribution in [1.82, 2.24) is 9.55 Å². The number of rotatable bonds is 3. The van der Waals surface area contributed by atoms with Crippen LogP contribution in [-0.4, -0.2) is 22.6 Å². The highest BCUT2D eigenvalue weighted by molar-refractivity contribution is 5.79. The van der Waals surface area contributed by atoms with Crippen molar-refractivity contribution in [2.24, 2.45) is 13.0 Å². The first-order valence-electron chi connectivity index (χ1n) is 9.32. The highest BCUT2D eigenvalue weighted by atomic mass is 19.4. The van der Waals surface area contributed by atoms with Crippen molar-refractivity contribution < 1.29 is 17.6 Å². The van der Waals surface area contributed by atoms with Crippen LogP contribution >= 0.6 is 0 Å². The Kier molecular flexibility index (Phi) is 4.77. The topological polar surface area (TPSA) is 21.1 Å². The second kappa shape index (κ2) is 7.11. The predicted octanol–water partition coefficient (Wildman–Crippen LogP) is 5.19. The van der Waals surface area contributed by atoms with Gasteiger partial charge in [-0.15, -0.1) is 0 Å². The molecule has 1 fully saturated rings. The Labute approximate surface area is 160 Å². The highest BCUT2D eigenvalue weighted by Gasteiger charge is 2.31. The van der Waals surface area contributed by atoms with Gasteiger partial charge < -0.3 is 9.47 Å². The normalized spacial score (nSPS) is 18.0. The minimum absolute atomic E-state index is 0.180. The van der Waals surface area contributed by atoms with Gasteiger partial charge in [0.25, 0.3) is 0 Å². The molecule has 0 N–H and O–H groups in total. The van der Waals surface area contributed by atoms with Gasteiger partial charge in [0, 0.05) is 25.8 Å². The van der Waals surface area contributed by atoms with Crippen molar-refractivity contribution in [3.05, 3.63) is 59.7 Å². The Bertz CT molecular complexity index is 993. The van der Waals surface area contributed by atoms with Crippen LogP contribution in [0.1, 0.15) is 24.0 Å². The van der Waals surface area contributed by atoms with E-state index in [1.54, 1.807) is 6.33 Å². The number of hydrogen-bond donors (Lipinski definition) is 0. The predicted molar refractivity (Wildman–Crippen MR) is 101 cm³/mol. The molecule has 0 amide bonds. The van der Waals surface area contributed by atoms with E-state index in [1.165, 1.54) is 6.07 Å². The van der Waals surface area contributed by atoms with Crippen molar-refractivity contribution in [3.8, 4) is 0 Å². The van der Waals surface area contributed by atoms with Gasteiger partial charge in [0.15, 0.2) is 0 Å². The van der Waals surface area contributed by atoms with Crippen molar-refractivity contribution in [2.75, 3.05) is 18.0 Å². The van der Waals surface area contributed by atoms with Gasteiger partial charge in [-0.25, -0.2) is 9.37 Å². The summed E-state index contributed by atoms with van der Waals surface area (Å²) in [6.45, 7) is 1.64. The van der Waals surface area contributed by atoms with E-state index in [4.69, 9.17) is 0 Å². The average Bonchev–Trinajstić information content (AvgIpc) is 3.01. The minimum atomic E-state index is -4.53. The highest BCUT2D eigenvalue weighted by Crippen LogP contribution is 2.32. The van der Waals surface area contributed by atoms with Crippen LogP contribution in [-0.2, 0) is 19.6 Å². The molecule has 1 aliphatic rings. The Balaban J connectivity index is 1.52. The maximum absolute atomic E-state index is 13.7. The fraction of sp³-hybridized carbons (Fsp3) is 0.381. The number of imidazole rings is 1. The number of anilines is 1. The van der Waals surface area contributed by atoms with E-state index in [1.807, 2.05) is 23.7 Å². The number of fused-ring (bicyclic) bond motifs is 1. The van der Waals surface area contributed by atoms with E-state index in [-0.39, 0.29) is 5.92 Å². The molecule has 7 heteroatoms. The number of halogens is 4. The fourth-order valence-corrected chi connectivity index (χ4v) is 4.04. The average molecular weight is 391 g/mol. The Morgan fingerprint density at radius 2 is 1.96 bits per heavy atom. The van der Waals surface area contributed by atoms with Gasteiger partial charge in [0.2, 0.25) is 0 Å². The maximum atomic E-state index is 13.7. The van der Waals surface area contributed by atoms with E-state index in [0.29, 0.717) is 18.1 Å². The van der Waals surface area contributed by atoms with Gasteiger partial charge in [-0.3, -0.25) is 0 Å². The van der Waals surface area contributed by atoms with Crippen LogP contribution in [0.25, 0.3) is 11.0 Å². The number of alkyl halides is 3. The van der Waals surface area contributed by atoms with Crippen LogP contribution in [0.2, 0.25) is 0 Å². The molecule has 148 valence electrons. The lowest BCUT2D eigenvalue weighted by atomic mass is 9.90. The molecule has 1 atom stereocenters. The molecule has 1 aliphatic heterocycles. The summed E-state index contributed by atoms with van der Waals surface area (Å²) in [4.78, 5) is 6.58. The molecule has 0 spiro atoms. The quantitative estimate of drug-likeness (QED) is 0.573. The zero-order chi connectivity index (χ0) is 19.9. The fourth-order valence-electron chi connectivity index (χ4n) is 4.04. The largest absolute Gasteiger partial charge is 0.416 e. The van der Waals surface area contributed by atoms with E-state index in [9.17, 15) is 17.6 Å². The molecular formula is C21H21F4N3. The van der Waals surface area contributed by atoms with E-state index in [0.717, 1.165) is 48.7 Å². The van der Waals surface area contributed by atoms with Crippen LogP contribution in [0.4, 0.5) is 23.2 Å². The molecule has 0 unspecified atom stereocenters. The van der Waals surface area contributed by atoms with Gasteiger partial charge >= 0.3 is 6.18 Å². The first-order chi connectivity index (χ1) is 13.3. The van der Waals surface area contributed by atoms with E-state index < -0.39 is 17.6 Å². The Hall–Kier alpha value is -2.57. The molecule has 4 rings (SSSR count). The molecule has 1 aromatic heterocycles. The van der Waals surface area contributed by atoms with Crippen molar-refractivity contribution in [1.29, 1.82) is 0 Å². The standard InChI is InChI=1S/C21H21F4N3/c1-27-13-26-19-5-4-18(11-20(19)27)28-6-2-3-14(12-28)7-15-8-16(21(23,24)25)10-17(22)9-15/h4-5,8-11,13-14H,2-3,6-7,12H2,1H3/t14-/m0/s1. The summed E-state index contributed by atoms with van der Waals surface area (Å²) in [6, 6.07) is 8.95. The molecule has 0 aliphatic carbocycles. The van der Waals surface area contributed by atoms with E-state index in [2.05, 4.69) is 16.0 Å². The van der Waals surface area contributed by atoms with Crippen LogP contribution in [0.3, 0.4) is 0 Å². The SMILES string of the molecule is Cn1cnc2ccc(N3CCC[C@@H](Cc4cc(F)cc(C(F)(F)F)c4)C3)cc21. The second-order valence-corrected chi connectivity index (χ2v) is 7.53. The third-order valence-electron chi connectivity index (χ3n) is 5.40. The third kappa shape index (κ3) is 3.84. The van der Waals surface area contributed by atoms with Crippen LogP contribution in [0.15, 0.2) is 42.7 Å². The number of benzene rings is 2. The van der Waals surface area contributed by atoms with E-state index >= 15 is 0 Å². The lowest BCUT2D eigenvalue weighted by Crippen LogP contribution is -2.36. The summed E-state index contributed by atoms with van der Waals surface area (Å²) in [6.07, 6.45) is -0.452. The molecule has 0 saturated carbocycles. The van der Waals surface area contributed by atoms with Gasteiger partial charge in [0.1, 0.15) is 5.82 Å². The molecule has 3 aromatic rings. The van der Waals surface area contributed by atoms with Crippen molar-refractivity contribution in [2.45, 2.75) is 25.4 Å². The maximum Gasteiger partial charge on any atom is 0.416 e. The lowest BCUT2D eigenvalue weighted by molar-refractivity contribution is -0.137. The van der Waals surface area contributed by atoms with Crippen LogP contribution < -0.4 is 4.90 Å². The molecule has 28 heavy (non-hydrogen) atoms. The number of aryl methyl sites for hydroxylation is 1. The zero-order valence-corrected chi connectivity index (χ0v) is 15.5. The summed E-state index contributed by atoms with van der Waals surface area (Å²) in [7, 11) is 1.94. The number of aromatic nitrogens is 2. The summed E-state index contributed by atoms with van der Waals surface area (Å²) in [5.74, 6) is -0.655. The van der Waals surface area contributed by atoms with Crippen LogP contribution in [0, 0.1) is 11.7 Å². The monoisotopic (exact) mass is 391 g/mol. The summed E-state index contributed by atoms with van der Waals surface area (Å²) < 4.78 is 54.5.